The summed E-state index contributed by atoms with van der Waals surface area (Å²) in [6, 6.07) is 9.86. The number of Topliss-reactive ketones (excluding diaryl/α,β-unsaturated/α-hetero) is 1. The van der Waals surface area contributed by atoms with Gasteiger partial charge in [0, 0.05) is 6.42 Å². The molecule has 29 heavy (non-hydrogen) atoms. The van der Waals surface area contributed by atoms with Crippen molar-refractivity contribution in [1.82, 2.24) is 0 Å². The monoisotopic (exact) mass is 390 g/mol. The fourth-order valence-electron chi connectivity index (χ4n) is 5.02. The molecule has 0 bridgehead atoms. The number of ketones is 1. The lowest BCUT2D eigenvalue weighted by Crippen LogP contribution is -2.13. The molecule has 0 aromatic heterocycles. The van der Waals surface area contributed by atoms with Gasteiger partial charge in [0.05, 0.1) is 5.56 Å². The Kier molecular flexibility index (Phi) is 4.64. The Balaban J connectivity index is 1.40. The molecule has 0 radical (unpaired) electrons. The molecule has 2 aromatic rings. The van der Waals surface area contributed by atoms with E-state index in [-0.39, 0.29) is 17.5 Å². The van der Waals surface area contributed by atoms with E-state index in [9.17, 15) is 15.0 Å². The van der Waals surface area contributed by atoms with Crippen molar-refractivity contribution >= 4 is 5.78 Å². The highest BCUT2D eigenvalue weighted by molar-refractivity contribution is 6.00. The Morgan fingerprint density at radius 1 is 0.966 bits per heavy atom. The maximum Gasteiger partial charge on any atom is 0.167 e. The molecular weight excluding hydrogens is 360 g/mol. The van der Waals surface area contributed by atoms with Crippen LogP contribution < -0.4 is 0 Å². The summed E-state index contributed by atoms with van der Waals surface area (Å²) >= 11 is 0. The van der Waals surface area contributed by atoms with Gasteiger partial charge in [-0.3, -0.25) is 4.79 Å². The van der Waals surface area contributed by atoms with Gasteiger partial charge in [0.15, 0.2) is 5.78 Å². The van der Waals surface area contributed by atoms with Gasteiger partial charge < -0.3 is 10.2 Å². The molecule has 2 aromatic carbocycles. The van der Waals surface area contributed by atoms with Crippen LogP contribution >= 0.6 is 0 Å². The Morgan fingerprint density at radius 2 is 1.72 bits per heavy atom. The Bertz CT molecular complexity index is 925. The van der Waals surface area contributed by atoms with Crippen LogP contribution in [0.2, 0.25) is 0 Å². The van der Waals surface area contributed by atoms with Gasteiger partial charge in [-0.1, -0.05) is 24.6 Å². The highest BCUT2D eigenvalue weighted by Gasteiger charge is 2.36. The van der Waals surface area contributed by atoms with E-state index in [2.05, 4.69) is 12.1 Å². The molecule has 5 rings (SSSR count). The van der Waals surface area contributed by atoms with Crippen molar-refractivity contribution in [1.29, 1.82) is 0 Å². The van der Waals surface area contributed by atoms with Crippen LogP contribution in [0, 0.1) is 12.8 Å². The van der Waals surface area contributed by atoms with Crippen LogP contribution in [0.1, 0.15) is 102 Å². The van der Waals surface area contributed by atoms with Crippen molar-refractivity contribution in [3.63, 3.8) is 0 Å². The molecule has 2 N–H and O–H groups in total. The van der Waals surface area contributed by atoms with Gasteiger partial charge in [0.1, 0.15) is 11.5 Å². The van der Waals surface area contributed by atoms with E-state index in [0.717, 1.165) is 36.8 Å². The third kappa shape index (κ3) is 3.68. The fourth-order valence-corrected chi connectivity index (χ4v) is 5.02. The number of carbonyl (C=O) groups excluding carboxylic acids is 1. The second kappa shape index (κ2) is 7.19. The van der Waals surface area contributed by atoms with E-state index >= 15 is 0 Å². The van der Waals surface area contributed by atoms with Gasteiger partial charge in [-0.05, 0) is 104 Å². The van der Waals surface area contributed by atoms with Crippen LogP contribution in [-0.2, 0) is 0 Å². The average Bonchev–Trinajstić information content (AvgIpc) is 3.52. The predicted molar refractivity (Wildman–Crippen MR) is 114 cm³/mol. The maximum absolute atomic E-state index is 13.3. The van der Waals surface area contributed by atoms with Gasteiger partial charge in [-0.15, -0.1) is 0 Å². The second-order valence-electron chi connectivity index (χ2n) is 9.52. The summed E-state index contributed by atoms with van der Waals surface area (Å²) in [5, 5.41) is 20.9. The molecule has 1 unspecified atom stereocenters. The van der Waals surface area contributed by atoms with E-state index in [1.165, 1.54) is 30.4 Å². The van der Waals surface area contributed by atoms with Gasteiger partial charge in [-0.25, -0.2) is 0 Å². The predicted octanol–water partition coefficient (Wildman–Crippen LogP) is 6.32. The number of phenolic OH excluding ortho intramolecular Hbond substituents is 2. The van der Waals surface area contributed by atoms with Gasteiger partial charge in [0.2, 0.25) is 0 Å². The van der Waals surface area contributed by atoms with Crippen LogP contribution in [0.4, 0.5) is 0 Å². The molecule has 0 aliphatic heterocycles. The molecule has 1 atom stereocenters. The summed E-state index contributed by atoms with van der Waals surface area (Å²) in [5.74, 6) is 2.31. The van der Waals surface area contributed by atoms with E-state index in [1.54, 1.807) is 6.07 Å². The minimum absolute atomic E-state index is 0.0399. The maximum atomic E-state index is 13.3. The molecule has 3 heteroatoms. The molecular formula is C26H30O3. The normalized spacial score (nSPS) is 20.3. The van der Waals surface area contributed by atoms with Crippen LogP contribution in [0.3, 0.4) is 0 Å². The molecule has 3 saturated carbocycles. The standard InChI is InChI=1S/C26H30O3/c1-15-11-20(16-3-2-4-16)13-24(28)26(15)25(29)14-21(17-5-6-17)19-9-10-23(27)22(12-19)18-7-8-18/h9-13,16-18,21,27-28H,2-8,14H2,1H3. The van der Waals surface area contributed by atoms with E-state index in [4.69, 9.17) is 0 Å². The Hall–Kier alpha value is -2.29. The SMILES string of the molecule is Cc1cc(C2CCC2)cc(O)c1C(=O)CC(c1ccc(O)c(C2CC2)c1)C1CC1. The van der Waals surface area contributed by atoms with Crippen LogP contribution in [-0.4, -0.2) is 16.0 Å². The van der Waals surface area contributed by atoms with Crippen LogP contribution in [0.5, 0.6) is 11.5 Å². The number of benzene rings is 2. The molecule has 0 heterocycles. The van der Waals surface area contributed by atoms with Gasteiger partial charge >= 0.3 is 0 Å². The number of phenols is 2. The zero-order chi connectivity index (χ0) is 20.1. The summed E-state index contributed by atoms with van der Waals surface area (Å²) in [4.78, 5) is 13.3. The molecule has 0 spiro atoms. The summed E-state index contributed by atoms with van der Waals surface area (Å²) < 4.78 is 0. The average molecular weight is 391 g/mol. The first-order chi connectivity index (χ1) is 14.0. The quantitative estimate of drug-likeness (QED) is 0.544. The highest BCUT2D eigenvalue weighted by Crippen LogP contribution is 2.49. The number of rotatable bonds is 7. The number of carbonyl (C=O) groups is 1. The molecule has 3 aliphatic rings. The fraction of sp³-hybridized carbons (Fsp3) is 0.500. The lowest BCUT2D eigenvalue weighted by atomic mass is 9.78. The summed E-state index contributed by atoms with van der Waals surface area (Å²) in [7, 11) is 0. The summed E-state index contributed by atoms with van der Waals surface area (Å²) in [5.41, 5.74) is 4.79. The Labute approximate surface area is 172 Å². The third-order valence-corrected chi connectivity index (χ3v) is 7.29. The molecule has 0 saturated heterocycles. The van der Waals surface area contributed by atoms with Crippen molar-refractivity contribution in [2.24, 2.45) is 5.92 Å². The van der Waals surface area contributed by atoms with Gasteiger partial charge in [0.25, 0.3) is 0 Å². The number of aryl methyl sites for hydroxylation is 1. The number of aromatic hydroxyl groups is 2. The van der Waals surface area contributed by atoms with E-state index < -0.39 is 0 Å². The van der Waals surface area contributed by atoms with Gasteiger partial charge in [-0.2, -0.15) is 0 Å². The molecule has 3 fully saturated rings. The first-order valence-corrected chi connectivity index (χ1v) is 11.2. The van der Waals surface area contributed by atoms with Crippen LogP contribution in [0.15, 0.2) is 30.3 Å². The zero-order valence-electron chi connectivity index (χ0n) is 17.2. The molecule has 0 amide bonds. The minimum atomic E-state index is 0.0399. The molecule has 3 aliphatic carbocycles. The topological polar surface area (TPSA) is 57.5 Å². The zero-order valence-corrected chi connectivity index (χ0v) is 17.2. The van der Waals surface area contributed by atoms with Crippen molar-refractivity contribution in [3.8, 4) is 11.5 Å². The van der Waals surface area contributed by atoms with Crippen molar-refractivity contribution in [3.05, 3.63) is 58.1 Å². The third-order valence-electron chi connectivity index (χ3n) is 7.29. The summed E-state index contributed by atoms with van der Waals surface area (Å²) in [6.45, 7) is 1.95. The first-order valence-electron chi connectivity index (χ1n) is 11.2. The van der Waals surface area contributed by atoms with Crippen molar-refractivity contribution < 1.29 is 15.0 Å². The lowest BCUT2D eigenvalue weighted by molar-refractivity contribution is 0.0967. The van der Waals surface area contributed by atoms with Crippen LogP contribution in [0.25, 0.3) is 0 Å². The lowest BCUT2D eigenvalue weighted by Gasteiger charge is -2.27. The summed E-state index contributed by atoms with van der Waals surface area (Å²) in [6.07, 6.45) is 8.64. The minimum Gasteiger partial charge on any atom is -0.508 e. The second-order valence-corrected chi connectivity index (χ2v) is 9.52. The Morgan fingerprint density at radius 3 is 2.31 bits per heavy atom. The molecule has 152 valence electrons. The largest absolute Gasteiger partial charge is 0.508 e. The van der Waals surface area contributed by atoms with E-state index in [1.807, 2.05) is 19.1 Å². The van der Waals surface area contributed by atoms with E-state index in [0.29, 0.717) is 35.5 Å². The first kappa shape index (κ1) is 18.7. The molecule has 3 nitrogen and oxygen atoms in total. The smallest absolute Gasteiger partial charge is 0.167 e. The highest BCUT2D eigenvalue weighted by atomic mass is 16.3. The van der Waals surface area contributed by atoms with Crippen molar-refractivity contribution in [2.75, 3.05) is 0 Å². The number of hydrogen-bond acceptors (Lipinski definition) is 3. The number of hydrogen-bond donors (Lipinski definition) is 2. The van der Waals surface area contributed by atoms with Crippen molar-refractivity contribution in [2.45, 2.75) is 76.0 Å².